The van der Waals surface area contributed by atoms with E-state index in [4.69, 9.17) is 11.6 Å². The predicted molar refractivity (Wildman–Crippen MR) is 87.9 cm³/mol. The molecule has 0 bridgehead atoms. The van der Waals surface area contributed by atoms with Gasteiger partial charge in [-0.2, -0.15) is 0 Å². The minimum Gasteiger partial charge on any atom is -0.340 e. The number of hydrogen-bond donors (Lipinski definition) is 1. The highest BCUT2D eigenvalue weighted by molar-refractivity contribution is 6.33. The van der Waals surface area contributed by atoms with Gasteiger partial charge in [0.2, 0.25) is 11.8 Å². The van der Waals surface area contributed by atoms with Crippen molar-refractivity contribution in [2.24, 2.45) is 5.92 Å². The Hall–Kier alpha value is -1.66. The second-order valence-corrected chi connectivity index (χ2v) is 6.34. The smallest absolute Gasteiger partial charge is 0.238 e. The largest absolute Gasteiger partial charge is 0.340 e. The molecule has 1 heterocycles. The van der Waals surface area contributed by atoms with Crippen molar-refractivity contribution in [1.29, 1.82) is 0 Å². The van der Waals surface area contributed by atoms with Gasteiger partial charge in [-0.3, -0.25) is 14.5 Å². The van der Waals surface area contributed by atoms with E-state index in [1.807, 2.05) is 23.6 Å². The standard InChI is InChI=1S/C16H21ClFN3O2/c1-11(2)16(23)21-7-5-20(6-8-21)10-15(22)19-14-4-3-12(18)9-13(14)17/h3-4,9,11H,5-8,10H2,1-2H3,(H,19,22). The molecule has 1 aromatic rings. The van der Waals surface area contributed by atoms with Crippen LogP contribution in [0.4, 0.5) is 10.1 Å². The molecule has 7 heteroatoms. The summed E-state index contributed by atoms with van der Waals surface area (Å²) in [6.45, 7) is 6.55. The lowest BCUT2D eigenvalue weighted by Crippen LogP contribution is -2.51. The molecule has 0 radical (unpaired) electrons. The lowest BCUT2D eigenvalue weighted by atomic mass is 10.1. The van der Waals surface area contributed by atoms with Crippen molar-refractivity contribution < 1.29 is 14.0 Å². The number of carbonyl (C=O) groups is 2. The summed E-state index contributed by atoms with van der Waals surface area (Å²) in [6.07, 6.45) is 0. The summed E-state index contributed by atoms with van der Waals surface area (Å²) < 4.78 is 13.0. The Morgan fingerprint density at radius 2 is 1.91 bits per heavy atom. The summed E-state index contributed by atoms with van der Waals surface area (Å²) in [5.74, 6) is -0.515. The monoisotopic (exact) mass is 341 g/mol. The van der Waals surface area contributed by atoms with Gasteiger partial charge in [0.25, 0.3) is 0 Å². The summed E-state index contributed by atoms with van der Waals surface area (Å²) >= 11 is 5.89. The molecule has 0 saturated carbocycles. The second-order valence-electron chi connectivity index (χ2n) is 5.93. The van der Waals surface area contributed by atoms with Crippen LogP contribution >= 0.6 is 11.6 Å². The Morgan fingerprint density at radius 1 is 1.26 bits per heavy atom. The van der Waals surface area contributed by atoms with Gasteiger partial charge >= 0.3 is 0 Å². The first-order chi connectivity index (χ1) is 10.9. The van der Waals surface area contributed by atoms with E-state index in [9.17, 15) is 14.0 Å². The number of anilines is 1. The molecule has 2 rings (SSSR count). The normalized spacial score (nSPS) is 15.8. The molecule has 1 aromatic carbocycles. The SMILES string of the molecule is CC(C)C(=O)N1CCN(CC(=O)Nc2ccc(F)cc2Cl)CC1. The molecule has 0 aliphatic carbocycles. The number of piperazine rings is 1. The van der Waals surface area contributed by atoms with Crippen molar-refractivity contribution >= 4 is 29.1 Å². The molecule has 126 valence electrons. The fraction of sp³-hybridized carbons (Fsp3) is 0.500. The molecule has 1 saturated heterocycles. The lowest BCUT2D eigenvalue weighted by Gasteiger charge is -2.35. The highest BCUT2D eigenvalue weighted by Crippen LogP contribution is 2.22. The van der Waals surface area contributed by atoms with Crippen LogP contribution in [0, 0.1) is 11.7 Å². The first-order valence-corrected chi connectivity index (χ1v) is 8.00. The van der Waals surface area contributed by atoms with Gasteiger partial charge in [0, 0.05) is 32.1 Å². The zero-order chi connectivity index (χ0) is 17.0. The van der Waals surface area contributed by atoms with Crippen molar-refractivity contribution in [2.45, 2.75) is 13.8 Å². The number of benzene rings is 1. The Balaban J connectivity index is 1.82. The average Bonchev–Trinajstić information content (AvgIpc) is 2.50. The maximum Gasteiger partial charge on any atom is 0.238 e. The van der Waals surface area contributed by atoms with Gasteiger partial charge in [-0.15, -0.1) is 0 Å². The molecule has 1 fully saturated rings. The molecule has 0 spiro atoms. The van der Waals surface area contributed by atoms with Gasteiger partial charge < -0.3 is 10.2 Å². The van der Waals surface area contributed by atoms with Crippen molar-refractivity contribution in [2.75, 3.05) is 38.0 Å². The van der Waals surface area contributed by atoms with Crippen LogP contribution in [-0.4, -0.2) is 54.3 Å². The zero-order valence-corrected chi connectivity index (χ0v) is 14.1. The molecule has 23 heavy (non-hydrogen) atoms. The van der Waals surface area contributed by atoms with Crippen LogP contribution in [0.5, 0.6) is 0 Å². The van der Waals surface area contributed by atoms with Gasteiger partial charge in [-0.05, 0) is 18.2 Å². The van der Waals surface area contributed by atoms with E-state index in [-0.39, 0.29) is 29.3 Å². The van der Waals surface area contributed by atoms with Gasteiger partial charge in [0.15, 0.2) is 0 Å². The highest BCUT2D eigenvalue weighted by Gasteiger charge is 2.23. The van der Waals surface area contributed by atoms with Crippen LogP contribution in [0.1, 0.15) is 13.8 Å². The Bertz CT molecular complexity index is 587. The van der Waals surface area contributed by atoms with Gasteiger partial charge in [-0.1, -0.05) is 25.4 Å². The van der Waals surface area contributed by atoms with Gasteiger partial charge in [0.1, 0.15) is 5.82 Å². The molecule has 0 aromatic heterocycles. The van der Waals surface area contributed by atoms with Gasteiger partial charge in [0.05, 0.1) is 17.3 Å². The Kier molecular flexibility index (Phi) is 5.96. The molecule has 1 N–H and O–H groups in total. The van der Waals surface area contributed by atoms with E-state index in [1.54, 1.807) is 0 Å². The number of rotatable bonds is 4. The molecule has 1 aliphatic heterocycles. The summed E-state index contributed by atoms with van der Waals surface area (Å²) in [4.78, 5) is 27.8. The molecule has 1 aliphatic rings. The van der Waals surface area contributed by atoms with E-state index in [0.717, 1.165) is 6.07 Å². The topological polar surface area (TPSA) is 52.7 Å². The number of hydrogen-bond acceptors (Lipinski definition) is 3. The highest BCUT2D eigenvalue weighted by atomic mass is 35.5. The van der Waals surface area contributed by atoms with Crippen LogP contribution in [0.2, 0.25) is 5.02 Å². The lowest BCUT2D eigenvalue weighted by molar-refractivity contribution is -0.136. The van der Waals surface area contributed by atoms with Crippen LogP contribution < -0.4 is 5.32 Å². The summed E-state index contributed by atoms with van der Waals surface area (Å²) in [7, 11) is 0. The molecule has 2 amide bonds. The predicted octanol–water partition coefficient (Wildman–Crippen LogP) is 2.22. The quantitative estimate of drug-likeness (QED) is 0.913. The van der Waals surface area contributed by atoms with E-state index >= 15 is 0 Å². The van der Waals surface area contributed by atoms with E-state index in [1.165, 1.54) is 12.1 Å². The number of nitrogens with zero attached hydrogens (tertiary/aromatic N) is 2. The van der Waals surface area contributed by atoms with E-state index in [2.05, 4.69) is 5.32 Å². The van der Waals surface area contributed by atoms with Crippen molar-refractivity contribution in [3.8, 4) is 0 Å². The number of halogens is 2. The van der Waals surface area contributed by atoms with E-state index < -0.39 is 5.82 Å². The fourth-order valence-electron chi connectivity index (χ4n) is 2.48. The second kappa shape index (κ2) is 7.75. The van der Waals surface area contributed by atoms with Gasteiger partial charge in [-0.25, -0.2) is 4.39 Å². The third kappa shape index (κ3) is 4.91. The zero-order valence-electron chi connectivity index (χ0n) is 13.3. The minimum atomic E-state index is -0.445. The first-order valence-electron chi connectivity index (χ1n) is 7.63. The van der Waals surface area contributed by atoms with Crippen LogP contribution in [0.25, 0.3) is 0 Å². The van der Waals surface area contributed by atoms with Crippen molar-refractivity contribution in [1.82, 2.24) is 9.80 Å². The molecular weight excluding hydrogens is 321 g/mol. The Morgan fingerprint density at radius 3 is 2.48 bits per heavy atom. The first kappa shape index (κ1) is 17.7. The van der Waals surface area contributed by atoms with Crippen molar-refractivity contribution in [3.05, 3.63) is 29.0 Å². The number of carbonyl (C=O) groups excluding carboxylic acids is 2. The minimum absolute atomic E-state index is 0.00883. The van der Waals surface area contributed by atoms with Crippen LogP contribution in [0.15, 0.2) is 18.2 Å². The average molecular weight is 342 g/mol. The molecule has 0 unspecified atom stereocenters. The molecular formula is C16H21ClFN3O2. The number of nitrogens with one attached hydrogen (secondary N) is 1. The maximum atomic E-state index is 13.0. The maximum absolute atomic E-state index is 13.0. The van der Waals surface area contributed by atoms with E-state index in [0.29, 0.717) is 31.9 Å². The number of amides is 2. The summed E-state index contributed by atoms with van der Waals surface area (Å²) in [5.41, 5.74) is 0.395. The molecule has 0 atom stereocenters. The van der Waals surface area contributed by atoms with Crippen molar-refractivity contribution in [3.63, 3.8) is 0 Å². The van der Waals surface area contributed by atoms with Crippen LogP contribution in [0.3, 0.4) is 0 Å². The summed E-state index contributed by atoms with van der Waals surface area (Å²) in [5, 5.41) is 2.85. The van der Waals surface area contributed by atoms with Crippen LogP contribution in [-0.2, 0) is 9.59 Å². The fourth-order valence-corrected chi connectivity index (χ4v) is 2.69. The Labute approximate surface area is 140 Å². The third-order valence-electron chi connectivity index (χ3n) is 3.75. The summed E-state index contributed by atoms with van der Waals surface area (Å²) in [6, 6.07) is 3.85. The molecule has 5 nitrogen and oxygen atoms in total. The third-order valence-corrected chi connectivity index (χ3v) is 4.06.